The Bertz CT molecular complexity index is 234. The predicted octanol–water partition coefficient (Wildman–Crippen LogP) is 2.10. The topological polar surface area (TPSA) is 37.8 Å². The normalized spacial score (nSPS) is 13.4. The number of aromatic nitrogens is 2. The van der Waals surface area contributed by atoms with Crippen LogP contribution in [0.25, 0.3) is 0 Å². The lowest BCUT2D eigenvalue weighted by molar-refractivity contribution is 0.397. The van der Waals surface area contributed by atoms with Gasteiger partial charge in [0.05, 0.1) is 0 Å². The number of nitrogens with zero attached hydrogens (tertiary/aromatic N) is 2. The summed E-state index contributed by atoms with van der Waals surface area (Å²) in [4.78, 5) is 4.21. The van der Waals surface area contributed by atoms with Crippen LogP contribution in [-0.2, 0) is 6.42 Å². The molecule has 0 bridgehead atoms. The summed E-state index contributed by atoms with van der Waals surface area (Å²) in [6.45, 7) is 7.76. The average molecular weight is 213 g/mol. The Morgan fingerprint density at radius 3 is 2.79 bits per heavy atom. The molecule has 3 nitrogen and oxygen atoms in total. The van der Waals surface area contributed by atoms with Crippen LogP contribution in [0, 0.1) is 5.92 Å². The van der Waals surface area contributed by atoms with Crippen molar-refractivity contribution >= 4 is 11.5 Å². The van der Waals surface area contributed by atoms with E-state index in [1.807, 2.05) is 0 Å². The molecule has 4 heteroatoms. The first-order chi connectivity index (χ1) is 6.74. The van der Waals surface area contributed by atoms with Gasteiger partial charge in [0.25, 0.3) is 0 Å². The molecule has 0 aliphatic heterocycles. The highest BCUT2D eigenvalue weighted by molar-refractivity contribution is 7.05. The van der Waals surface area contributed by atoms with Crippen LogP contribution in [-0.4, -0.2) is 21.9 Å². The van der Waals surface area contributed by atoms with Crippen molar-refractivity contribution in [3.8, 4) is 0 Å². The Hall–Kier alpha value is -0.480. The van der Waals surface area contributed by atoms with Gasteiger partial charge in [-0.2, -0.15) is 4.37 Å². The number of hydrogen-bond donors (Lipinski definition) is 1. The molecule has 80 valence electrons. The van der Waals surface area contributed by atoms with Gasteiger partial charge in [-0.05, 0) is 30.4 Å². The second-order valence-electron chi connectivity index (χ2n) is 3.84. The van der Waals surface area contributed by atoms with Crippen molar-refractivity contribution in [1.82, 2.24) is 14.7 Å². The number of hydrogen-bond acceptors (Lipinski definition) is 4. The summed E-state index contributed by atoms with van der Waals surface area (Å²) in [6, 6.07) is 0.530. The van der Waals surface area contributed by atoms with Crippen molar-refractivity contribution in [2.24, 2.45) is 5.92 Å². The minimum absolute atomic E-state index is 0.530. The Morgan fingerprint density at radius 2 is 2.29 bits per heavy atom. The molecule has 0 radical (unpaired) electrons. The molecular weight excluding hydrogens is 194 g/mol. The third kappa shape index (κ3) is 3.72. The van der Waals surface area contributed by atoms with Gasteiger partial charge >= 0.3 is 0 Å². The fourth-order valence-electron chi connectivity index (χ4n) is 1.35. The quantitative estimate of drug-likeness (QED) is 0.786. The zero-order chi connectivity index (χ0) is 10.4. The smallest absolute Gasteiger partial charge is 0.129 e. The third-order valence-electron chi connectivity index (χ3n) is 2.26. The molecule has 0 aliphatic carbocycles. The van der Waals surface area contributed by atoms with Crippen molar-refractivity contribution in [3.05, 3.63) is 11.3 Å². The number of nitrogens with one attached hydrogen (secondary N) is 1. The molecule has 0 saturated carbocycles. The van der Waals surface area contributed by atoms with E-state index in [2.05, 4.69) is 35.4 Å². The van der Waals surface area contributed by atoms with E-state index in [-0.39, 0.29) is 0 Å². The maximum Gasteiger partial charge on any atom is 0.129 e. The zero-order valence-corrected chi connectivity index (χ0v) is 9.97. The van der Waals surface area contributed by atoms with Crippen LogP contribution in [0.2, 0.25) is 0 Å². The maximum atomic E-state index is 4.21. The molecule has 14 heavy (non-hydrogen) atoms. The summed E-state index contributed by atoms with van der Waals surface area (Å²) in [5.74, 6) is 0.644. The van der Waals surface area contributed by atoms with Gasteiger partial charge in [-0.1, -0.05) is 20.8 Å². The van der Waals surface area contributed by atoms with E-state index in [0.29, 0.717) is 12.0 Å². The Labute approximate surface area is 90.1 Å². The van der Waals surface area contributed by atoms with Crippen LogP contribution in [0.5, 0.6) is 0 Å². The minimum atomic E-state index is 0.530. The molecule has 1 unspecified atom stereocenters. The molecule has 1 aromatic heterocycles. The van der Waals surface area contributed by atoms with Crippen molar-refractivity contribution in [1.29, 1.82) is 0 Å². The molecule has 1 atom stereocenters. The van der Waals surface area contributed by atoms with Crippen molar-refractivity contribution in [2.45, 2.75) is 39.7 Å². The lowest BCUT2D eigenvalue weighted by Gasteiger charge is -2.20. The van der Waals surface area contributed by atoms with E-state index in [0.717, 1.165) is 18.0 Å². The Morgan fingerprint density at radius 1 is 1.50 bits per heavy atom. The van der Waals surface area contributed by atoms with Gasteiger partial charge in [0.1, 0.15) is 11.3 Å². The zero-order valence-electron chi connectivity index (χ0n) is 9.16. The molecular formula is C10H19N3S. The van der Waals surface area contributed by atoms with Crippen molar-refractivity contribution < 1.29 is 0 Å². The molecule has 0 saturated heterocycles. The highest BCUT2D eigenvalue weighted by atomic mass is 32.1. The molecule has 0 fully saturated rings. The van der Waals surface area contributed by atoms with E-state index in [1.54, 1.807) is 6.33 Å². The van der Waals surface area contributed by atoms with E-state index in [4.69, 9.17) is 0 Å². The highest BCUT2D eigenvalue weighted by Gasteiger charge is 2.14. The van der Waals surface area contributed by atoms with E-state index in [1.165, 1.54) is 18.0 Å². The second kappa shape index (κ2) is 6.09. The van der Waals surface area contributed by atoms with Crippen LogP contribution in [0.15, 0.2) is 6.33 Å². The SMILES string of the molecule is CCCNC(Cc1ncns1)C(C)C. The van der Waals surface area contributed by atoms with Gasteiger partial charge in [0, 0.05) is 12.5 Å². The molecule has 0 aliphatic rings. The van der Waals surface area contributed by atoms with Gasteiger partial charge in [-0.15, -0.1) is 0 Å². The van der Waals surface area contributed by atoms with Crippen LogP contribution < -0.4 is 5.32 Å². The molecule has 1 rings (SSSR count). The van der Waals surface area contributed by atoms with Gasteiger partial charge in [0.15, 0.2) is 0 Å². The van der Waals surface area contributed by atoms with Gasteiger partial charge in [-0.3, -0.25) is 0 Å². The highest BCUT2D eigenvalue weighted by Crippen LogP contribution is 2.10. The monoisotopic (exact) mass is 213 g/mol. The summed E-state index contributed by atoms with van der Waals surface area (Å²) in [6.07, 6.45) is 3.82. The van der Waals surface area contributed by atoms with Gasteiger partial charge in [0.2, 0.25) is 0 Å². The van der Waals surface area contributed by atoms with Gasteiger partial charge < -0.3 is 5.32 Å². The standard InChI is InChI=1S/C10H19N3S/c1-4-5-11-9(8(2)3)6-10-12-7-13-14-10/h7-9,11H,4-6H2,1-3H3. The first kappa shape index (κ1) is 11.6. The summed E-state index contributed by atoms with van der Waals surface area (Å²) < 4.78 is 4.02. The largest absolute Gasteiger partial charge is 0.313 e. The van der Waals surface area contributed by atoms with Crippen LogP contribution in [0.3, 0.4) is 0 Å². The first-order valence-corrected chi connectivity index (χ1v) is 6.00. The first-order valence-electron chi connectivity index (χ1n) is 5.23. The molecule has 0 spiro atoms. The molecule has 0 amide bonds. The fourth-order valence-corrected chi connectivity index (χ4v) is 1.91. The Balaban J connectivity index is 2.43. The lowest BCUT2D eigenvalue weighted by Crippen LogP contribution is -2.36. The van der Waals surface area contributed by atoms with Crippen molar-refractivity contribution in [2.75, 3.05) is 6.54 Å². The maximum absolute atomic E-state index is 4.21. The minimum Gasteiger partial charge on any atom is -0.313 e. The summed E-state index contributed by atoms with van der Waals surface area (Å²) in [5, 5.41) is 4.68. The van der Waals surface area contributed by atoms with Crippen molar-refractivity contribution in [3.63, 3.8) is 0 Å². The van der Waals surface area contributed by atoms with E-state index < -0.39 is 0 Å². The molecule has 1 heterocycles. The molecule has 1 aromatic rings. The molecule has 0 aromatic carbocycles. The summed E-state index contributed by atoms with van der Waals surface area (Å²) in [7, 11) is 0. The lowest BCUT2D eigenvalue weighted by atomic mass is 10.0. The Kier molecular flexibility index (Phi) is 5.04. The summed E-state index contributed by atoms with van der Waals surface area (Å²) in [5.41, 5.74) is 0. The van der Waals surface area contributed by atoms with E-state index in [9.17, 15) is 0 Å². The molecule has 1 N–H and O–H groups in total. The van der Waals surface area contributed by atoms with Crippen LogP contribution in [0.4, 0.5) is 0 Å². The summed E-state index contributed by atoms with van der Waals surface area (Å²) >= 11 is 1.50. The second-order valence-corrected chi connectivity index (χ2v) is 4.71. The third-order valence-corrected chi connectivity index (χ3v) is 2.95. The fraction of sp³-hybridized carbons (Fsp3) is 0.800. The van der Waals surface area contributed by atoms with Crippen LogP contribution >= 0.6 is 11.5 Å². The van der Waals surface area contributed by atoms with E-state index >= 15 is 0 Å². The van der Waals surface area contributed by atoms with Gasteiger partial charge in [-0.25, -0.2) is 4.98 Å². The average Bonchev–Trinajstić information content (AvgIpc) is 2.64. The predicted molar refractivity (Wildman–Crippen MR) is 60.5 cm³/mol. The van der Waals surface area contributed by atoms with Crippen LogP contribution in [0.1, 0.15) is 32.2 Å². The number of rotatable bonds is 6.